The third kappa shape index (κ3) is 1.87. The van der Waals surface area contributed by atoms with Crippen LogP contribution in [0, 0.1) is 12.7 Å². The van der Waals surface area contributed by atoms with Crippen molar-refractivity contribution in [1.29, 1.82) is 0 Å². The number of hydrogen-bond acceptors (Lipinski definition) is 3. The van der Waals surface area contributed by atoms with Crippen molar-refractivity contribution in [3.05, 3.63) is 35.8 Å². The molecule has 2 aromatic rings. The van der Waals surface area contributed by atoms with Crippen LogP contribution in [0.3, 0.4) is 0 Å². The normalized spacial score (nSPS) is 14.3. The lowest BCUT2D eigenvalue weighted by atomic mass is 10.1. The minimum Gasteiger partial charge on any atom is -0.272 e. The Kier molecular flexibility index (Phi) is 2.55. The van der Waals surface area contributed by atoms with Crippen LogP contribution in [0.4, 0.5) is 10.2 Å². The van der Waals surface area contributed by atoms with Gasteiger partial charge in [0.1, 0.15) is 5.82 Å². The van der Waals surface area contributed by atoms with E-state index in [1.165, 1.54) is 16.8 Å². The predicted octanol–water partition coefficient (Wildman–Crippen LogP) is 3.13. The molecule has 0 spiro atoms. The maximum atomic E-state index is 13.0. The molecule has 0 amide bonds. The van der Waals surface area contributed by atoms with E-state index in [0.717, 1.165) is 16.8 Å². The number of hydrogen-bond donors (Lipinski definition) is 0. The number of aryl methyl sites for hydroxylation is 1. The molecule has 0 N–H and O–H groups in total. The van der Waals surface area contributed by atoms with Crippen LogP contribution in [0.5, 0.6) is 0 Å². The van der Waals surface area contributed by atoms with Gasteiger partial charge in [0.15, 0.2) is 5.82 Å². The Hall–Kier alpha value is -2.30. The van der Waals surface area contributed by atoms with Crippen LogP contribution in [-0.4, -0.2) is 21.4 Å². The van der Waals surface area contributed by atoms with Crippen molar-refractivity contribution >= 4 is 17.4 Å². The third-order valence-electron chi connectivity index (χ3n) is 3.11. The SMILES string of the molecule is CC1=Nc2c(-c3ccc(F)cc3)c(C)nn2C(=O)C1. The zero-order chi connectivity index (χ0) is 13.6. The van der Waals surface area contributed by atoms with Crippen LogP contribution in [0.2, 0.25) is 0 Å². The Morgan fingerprint density at radius 3 is 2.58 bits per heavy atom. The summed E-state index contributed by atoms with van der Waals surface area (Å²) in [5, 5.41) is 4.23. The quantitative estimate of drug-likeness (QED) is 0.788. The van der Waals surface area contributed by atoms with E-state index in [-0.39, 0.29) is 18.1 Å². The van der Waals surface area contributed by atoms with E-state index in [2.05, 4.69) is 10.1 Å². The molecule has 96 valence electrons. The molecule has 0 bridgehead atoms. The summed E-state index contributed by atoms with van der Waals surface area (Å²) in [6.07, 6.45) is 0.289. The van der Waals surface area contributed by atoms with E-state index in [1.807, 2.05) is 13.8 Å². The van der Waals surface area contributed by atoms with Crippen LogP contribution in [0.25, 0.3) is 11.1 Å². The summed E-state index contributed by atoms with van der Waals surface area (Å²) in [6, 6.07) is 6.12. The highest BCUT2D eigenvalue weighted by Gasteiger charge is 2.24. The second-order valence-electron chi connectivity index (χ2n) is 4.62. The summed E-state index contributed by atoms with van der Waals surface area (Å²) in [5.74, 6) is 0.162. The van der Waals surface area contributed by atoms with Crippen molar-refractivity contribution in [3.8, 4) is 11.1 Å². The molecule has 0 radical (unpaired) electrons. The molecule has 4 nitrogen and oxygen atoms in total. The largest absolute Gasteiger partial charge is 0.272 e. The Bertz CT molecular complexity index is 698. The summed E-state index contributed by atoms with van der Waals surface area (Å²) in [6.45, 7) is 3.64. The molecule has 1 aliphatic heterocycles. The van der Waals surface area contributed by atoms with Crippen LogP contribution in [0.15, 0.2) is 29.3 Å². The number of carbonyl (C=O) groups is 1. The Morgan fingerprint density at radius 2 is 1.89 bits per heavy atom. The van der Waals surface area contributed by atoms with Crippen molar-refractivity contribution in [1.82, 2.24) is 9.78 Å². The van der Waals surface area contributed by atoms with Gasteiger partial charge in [-0.1, -0.05) is 12.1 Å². The lowest BCUT2D eigenvalue weighted by Gasteiger charge is -2.11. The van der Waals surface area contributed by atoms with Crippen molar-refractivity contribution in [3.63, 3.8) is 0 Å². The number of aliphatic imine (C=N–C) groups is 1. The van der Waals surface area contributed by atoms with E-state index < -0.39 is 0 Å². The number of nitrogens with zero attached hydrogens (tertiary/aromatic N) is 3. The molecule has 1 aromatic carbocycles. The number of fused-ring (bicyclic) bond motifs is 1. The maximum Gasteiger partial charge on any atom is 0.254 e. The molecule has 0 atom stereocenters. The van der Waals surface area contributed by atoms with Gasteiger partial charge in [-0.25, -0.2) is 9.38 Å². The van der Waals surface area contributed by atoms with Gasteiger partial charge < -0.3 is 0 Å². The molecule has 0 saturated carbocycles. The van der Waals surface area contributed by atoms with Gasteiger partial charge in [0, 0.05) is 11.3 Å². The number of benzene rings is 1. The number of carbonyl (C=O) groups excluding carboxylic acids is 1. The monoisotopic (exact) mass is 257 g/mol. The Labute approximate surface area is 109 Å². The van der Waals surface area contributed by atoms with Crippen molar-refractivity contribution in [2.24, 2.45) is 4.99 Å². The van der Waals surface area contributed by atoms with Gasteiger partial charge in [0.05, 0.1) is 12.1 Å². The molecule has 0 saturated heterocycles. The van der Waals surface area contributed by atoms with Crippen molar-refractivity contribution in [2.75, 3.05) is 0 Å². The third-order valence-corrected chi connectivity index (χ3v) is 3.11. The van der Waals surface area contributed by atoms with Crippen LogP contribution >= 0.6 is 0 Å². The summed E-state index contributed by atoms with van der Waals surface area (Å²) in [5.41, 5.74) is 3.08. The molecule has 19 heavy (non-hydrogen) atoms. The highest BCUT2D eigenvalue weighted by molar-refractivity contribution is 6.06. The van der Waals surface area contributed by atoms with Gasteiger partial charge in [-0.15, -0.1) is 0 Å². The summed E-state index contributed by atoms with van der Waals surface area (Å²) in [4.78, 5) is 16.3. The second-order valence-corrected chi connectivity index (χ2v) is 4.62. The summed E-state index contributed by atoms with van der Waals surface area (Å²) in [7, 11) is 0. The van der Waals surface area contributed by atoms with E-state index >= 15 is 0 Å². The lowest BCUT2D eigenvalue weighted by Crippen LogP contribution is -2.19. The fourth-order valence-corrected chi connectivity index (χ4v) is 2.26. The molecule has 2 heterocycles. The Balaban J connectivity index is 2.24. The molecule has 1 aromatic heterocycles. The first-order valence-electron chi connectivity index (χ1n) is 5.99. The van der Waals surface area contributed by atoms with Gasteiger partial charge in [-0.3, -0.25) is 4.79 Å². The van der Waals surface area contributed by atoms with Gasteiger partial charge in [-0.2, -0.15) is 9.78 Å². The summed E-state index contributed by atoms with van der Waals surface area (Å²) >= 11 is 0. The lowest BCUT2D eigenvalue weighted by molar-refractivity contribution is 0.0906. The zero-order valence-corrected chi connectivity index (χ0v) is 10.6. The van der Waals surface area contributed by atoms with E-state index in [1.54, 1.807) is 12.1 Å². The maximum absolute atomic E-state index is 13.0. The molecule has 1 aliphatic rings. The highest BCUT2D eigenvalue weighted by Crippen LogP contribution is 2.35. The van der Waals surface area contributed by atoms with Gasteiger partial charge in [0.25, 0.3) is 5.91 Å². The van der Waals surface area contributed by atoms with Crippen LogP contribution in [-0.2, 0) is 0 Å². The standard InChI is InChI=1S/C14H12FN3O/c1-8-7-12(19)18-14(16-8)13(9(2)17-18)10-3-5-11(15)6-4-10/h3-6H,7H2,1-2H3. The predicted molar refractivity (Wildman–Crippen MR) is 70.4 cm³/mol. The highest BCUT2D eigenvalue weighted by atomic mass is 19.1. The van der Waals surface area contributed by atoms with E-state index in [9.17, 15) is 9.18 Å². The molecular weight excluding hydrogens is 245 g/mol. The smallest absolute Gasteiger partial charge is 0.254 e. The average molecular weight is 257 g/mol. The first kappa shape index (κ1) is 11.8. The number of rotatable bonds is 1. The molecule has 0 unspecified atom stereocenters. The molecule has 0 aliphatic carbocycles. The minimum atomic E-state index is -0.293. The van der Waals surface area contributed by atoms with Gasteiger partial charge >= 0.3 is 0 Å². The van der Waals surface area contributed by atoms with E-state index in [0.29, 0.717) is 11.5 Å². The first-order chi connectivity index (χ1) is 9.06. The first-order valence-corrected chi connectivity index (χ1v) is 5.99. The van der Waals surface area contributed by atoms with Gasteiger partial charge in [-0.05, 0) is 31.5 Å². The molecule has 0 fully saturated rings. The minimum absolute atomic E-state index is 0.0843. The van der Waals surface area contributed by atoms with Crippen LogP contribution in [0.1, 0.15) is 23.8 Å². The number of halogens is 1. The molecule has 3 rings (SSSR count). The fourth-order valence-electron chi connectivity index (χ4n) is 2.26. The second kappa shape index (κ2) is 4.12. The van der Waals surface area contributed by atoms with Gasteiger partial charge in [0.2, 0.25) is 0 Å². The van der Waals surface area contributed by atoms with Crippen LogP contribution < -0.4 is 0 Å². The number of aromatic nitrogens is 2. The molecule has 5 heteroatoms. The average Bonchev–Trinajstić information content (AvgIpc) is 2.67. The van der Waals surface area contributed by atoms with Crippen molar-refractivity contribution < 1.29 is 9.18 Å². The van der Waals surface area contributed by atoms with Crippen molar-refractivity contribution in [2.45, 2.75) is 20.3 Å². The fraction of sp³-hybridized carbons (Fsp3) is 0.214. The van der Waals surface area contributed by atoms with E-state index in [4.69, 9.17) is 0 Å². The molecular formula is C14H12FN3O. The Morgan fingerprint density at radius 1 is 1.21 bits per heavy atom. The zero-order valence-electron chi connectivity index (χ0n) is 10.6. The topological polar surface area (TPSA) is 47.2 Å². The summed E-state index contributed by atoms with van der Waals surface area (Å²) < 4.78 is 14.3.